The van der Waals surface area contributed by atoms with Gasteiger partial charge in [-0.1, -0.05) is 12.1 Å². The van der Waals surface area contributed by atoms with E-state index in [-0.39, 0.29) is 5.56 Å². The lowest BCUT2D eigenvalue weighted by molar-refractivity contribution is 0.0698. The Hall–Kier alpha value is -1.81. The van der Waals surface area contributed by atoms with E-state index >= 15 is 0 Å². The molecule has 2 rings (SSSR count). The average Bonchev–Trinajstić information content (AvgIpc) is 2.60. The highest BCUT2D eigenvalue weighted by Crippen LogP contribution is 2.24. The fourth-order valence-electron chi connectivity index (χ4n) is 1.49. The minimum absolute atomic E-state index is 0.168. The molecule has 0 spiro atoms. The Balaban J connectivity index is 2.81. The second-order valence-corrected chi connectivity index (χ2v) is 2.95. The molecule has 0 aliphatic rings. The van der Waals surface area contributed by atoms with E-state index in [0.29, 0.717) is 17.5 Å². The van der Waals surface area contributed by atoms with E-state index in [0.717, 1.165) is 5.56 Å². The van der Waals surface area contributed by atoms with E-state index in [4.69, 9.17) is 15.3 Å². The summed E-state index contributed by atoms with van der Waals surface area (Å²) >= 11 is 0. The van der Waals surface area contributed by atoms with E-state index in [9.17, 15) is 4.79 Å². The summed E-state index contributed by atoms with van der Waals surface area (Å²) in [5.74, 6) is -0.996. The van der Waals surface area contributed by atoms with Gasteiger partial charge in [-0.2, -0.15) is 0 Å². The van der Waals surface area contributed by atoms with Crippen LogP contribution < -0.4 is 5.73 Å². The van der Waals surface area contributed by atoms with E-state index in [1.807, 2.05) is 0 Å². The number of aromatic carboxylic acids is 1. The number of nitrogens with two attached hydrogens (primary N) is 1. The van der Waals surface area contributed by atoms with Crippen LogP contribution >= 0.6 is 0 Å². The van der Waals surface area contributed by atoms with E-state index < -0.39 is 5.97 Å². The highest BCUT2D eigenvalue weighted by molar-refractivity contribution is 6.03. The van der Waals surface area contributed by atoms with Gasteiger partial charge in [0.05, 0.1) is 0 Å². The number of benzene rings is 1. The second kappa shape index (κ2) is 3.16. The zero-order valence-corrected chi connectivity index (χ0v) is 7.36. The van der Waals surface area contributed by atoms with Crippen LogP contribution in [0, 0.1) is 0 Å². The largest absolute Gasteiger partial charge is 0.478 e. The Morgan fingerprint density at radius 2 is 2.29 bits per heavy atom. The smallest absolute Gasteiger partial charge is 0.339 e. The molecule has 1 aromatic heterocycles. The molecule has 0 saturated carbocycles. The van der Waals surface area contributed by atoms with Crippen molar-refractivity contribution in [2.24, 2.45) is 5.73 Å². The Morgan fingerprint density at radius 3 is 2.93 bits per heavy atom. The third kappa shape index (κ3) is 1.16. The Bertz CT molecular complexity index is 487. The van der Waals surface area contributed by atoms with Crippen LogP contribution in [0.5, 0.6) is 0 Å². The molecule has 2 aromatic rings. The molecule has 1 aromatic carbocycles. The summed E-state index contributed by atoms with van der Waals surface area (Å²) in [6.45, 7) is 0.303. The lowest BCUT2D eigenvalue weighted by Gasteiger charge is -1.98. The molecule has 14 heavy (non-hydrogen) atoms. The quantitative estimate of drug-likeness (QED) is 0.755. The van der Waals surface area contributed by atoms with E-state index in [1.54, 1.807) is 18.2 Å². The number of hydrogen-bond donors (Lipinski definition) is 2. The van der Waals surface area contributed by atoms with Crippen molar-refractivity contribution in [3.05, 3.63) is 35.6 Å². The van der Waals surface area contributed by atoms with Gasteiger partial charge in [0.25, 0.3) is 0 Å². The van der Waals surface area contributed by atoms with Gasteiger partial charge in [-0.25, -0.2) is 4.79 Å². The normalized spacial score (nSPS) is 10.6. The number of furan rings is 1. The number of fused-ring (bicyclic) bond motifs is 1. The van der Waals surface area contributed by atoms with Gasteiger partial charge in [0.15, 0.2) is 0 Å². The first-order chi connectivity index (χ1) is 6.74. The van der Waals surface area contributed by atoms with Crippen molar-refractivity contribution in [3.63, 3.8) is 0 Å². The lowest BCUT2D eigenvalue weighted by atomic mass is 10.1. The van der Waals surface area contributed by atoms with Crippen LogP contribution in [0.3, 0.4) is 0 Å². The van der Waals surface area contributed by atoms with Crippen molar-refractivity contribution in [2.45, 2.75) is 6.54 Å². The number of hydrogen-bond acceptors (Lipinski definition) is 3. The van der Waals surface area contributed by atoms with Crippen molar-refractivity contribution < 1.29 is 14.3 Å². The van der Waals surface area contributed by atoms with Crippen LogP contribution in [0.15, 0.2) is 28.9 Å². The number of carboxylic acids is 1. The van der Waals surface area contributed by atoms with Crippen LogP contribution in [0.25, 0.3) is 11.0 Å². The predicted molar refractivity (Wildman–Crippen MR) is 51.1 cm³/mol. The number of carbonyl (C=O) groups is 1. The molecule has 3 N–H and O–H groups in total. The van der Waals surface area contributed by atoms with Crippen molar-refractivity contribution in [1.29, 1.82) is 0 Å². The van der Waals surface area contributed by atoms with Gasteiger partial charge in [0.1, 0.15) is 17.4 Å². The Labute approximate surface area is 79.9 Å². The Kier molecular flexibility index (Phi) is 1.98. The summed E-state index contributed by atoms with van der Waals surface area (Å²) in [5.41, 5.74) is 7.02. The zero-order valence-electron chi connectivity index (χ0n) is 7.36. The fraction of sp³-hybridized carbons (Fsp3) is 0.100. The molecular weight excluding hydrogens is 182 g/mol. The molecule has 4 nitrogen and oxygen atoms in total. The monoisotopic (exact) mass is 191 g/mol. The van der Waals surface area contributed by atoms with Gasteiger partial charge in [-0.05, 0) is 11.6 Å². The maximum atomic E-state index is 10.8. The van der Waals surface area contributed by atoms with Gasteiger partial charge in [0.2, 0.25) is 0 Å². The zero-order chi connectivity index (χ0) is 10.1. The summed E-state index contributed by atoms with van der Waals surface area (Å²) < 4.78 is 5.12. The molecule has 0 fully saturated rings. The number of rotatable bonds is 2. The molecule has 0 amide bonds. The van der Waals surface area contributed by atoms with Gasteiger partial charge < -0.3 is 15.3 Å². The van der Waals surface area contributed by atoms with Gasteiger partial charge >= 0.3 is 5.97 Å². The third-order valence-electron chi connectivity index (χ3n) is 2.14. The molecule has 0 saturated heterocycles. The minimum Gasteiger partial charge on any atom is -0.478 e. The fourth-order valence-corrected chi connectivity index (χ4v) is 1.49. The highest BCUT2D eigenvalue weighted by atomic mass is 16.4. The molecule has 72 valence electrons. The summed E-state index contributed by atoms with van der Waals surface area (Å²) in [7, 11) is 0. The third-order valence-corrected chi connectivity index (χ3v) is 2.14. The Morgan fingerprint density at radius 1 is 1.50 bits per heavy atom. The van der Waals surface area contributed by atoms with Gasteiger partial charge in [0, 0.05) is 11.9 Å². The first-order valence-corrected chi connectivity index (χ1v) is 4.16. The lowest BCUT2D eigenvalue weighted by Crippen LogP contribution is -2.00. The molecule has 0 bridgehead atoms. The van der Waals surface area contributed by atoms with Crippen LogP contribution in [0.2, 0.25) is 0 Å². The van der Waals surface area contributed by atoms with Gasteiger partial charge in [-0.15, -0.1) is 0 Å². The summed E-state index contributed by atoms with van der Waals surface area (Å²) in [6.07, 6.45) is 1.24. The standard InChI is InChI=1S/C10H9NO3/c11-4-6-2-1-3-8-9(6)7(5-14-8)10(12)13/h1-3,5H,4,11H2,(H,12,13). The van der Waals surface area contributed by atoms with Crippen molar-refractivity contribution in [1.82, 2.24) is 0 Å². The van der Waals surface area contributed by atoms with Crippen molar-refractivity contribution in [3.8, 4) is 0 Å². The van der Waals surface area contributed by atoms with Crippen LogP contribution in [-0.2, 0) is 6.54 Å². The van der Waals surface area contributed by atoms with Gasteiger partial charge in [-0.3, -0.25) is 0 Å². The first-order valence-electron chi connectivity index (χ1n) is 4.16. The van der Waals surface area contributed by atoms with Crippen LogP contribution in [0.4, 0.5) is 0 Å². The molecule has 0 aliphatic carbocycles. The topological polar surface area (TPSA) is 76.5 Å². The minimum atomic E-state index is -0.996. The second-order valence-electron chi connectivity index (χ2n) is 2.95. The molecule has 0 radical (unpaired) electrons. The van der Waals surface area contributed by atoms with E-state index in [2.05, 4.69) is 0 Å². The highest BCUT2D eigenvalue weighted by Gasteiger charge is 2.14. The summed E-state index contributed by atoms with van der Waals surface area (Å²) in [4.78, 5) is 10.8. The molecule has 0 aliphatic heterocycles. The molecular formula is C10H9NO3. The average molecular weight is 191 g/mol. The van der Waals surface area contributed by atoms with Crippen LogP contribution in [-0.4, -0.2) is 11.1 Å². The van der Waals surface area contributed by atoms with Crippen molar-refractivity contribution >= 4 is 16.9 Å². The SMILES string of the molecule is NCc1cccc2occ(C(=O)O)c12. The summed E-state index contributed by atoms with van der Waals surface area (Å²) in [5, 5.41) is 9.49. The summed E-state index contributed by atoms with van der Waals surface area (Å²) in [6, 6.07) is 5.31. The van der Waals surface area contributed by atoms with Crippen molar-refractivity contribution in [2.75, 3.05) is 0 Å². The first kappa shape index (κ1) is 8.77. The van der Waals surface area contributed by atoms with Crippen LogP contribution in [0.1, 0.15) is 15.9 Å². The molecule has 0 atom stereocenters. The predicted octanol–water partition coefficient (Wildman–Crippen LogP) is 1.59. The maximum Gasteiger partial charge on any atom is 0.339 e. The molecule has 1 heterocycles. The maximum absolute atomic E-state index is 10.8. The van der Waals surface area contributed by atoms with E-state index in [1.165, 1.54) is 6.26 Å². The molecule has 0 unspecified atom stereocenters. The molecule has 4 heteroatoms. The number of carboxylic acid groups (broad SMARTS) is 1.